The van der Waals surface area contributed by atoms with Crippen molar-refractivity contribution in [3.8, 4) is 5.75 Å². The zero-order valence-electron chi connectivity index (χ0n) is 23.1. The van der Waals surface area contributed by atoms with Gasteiger partial charge in [-0.3, -0.25) is 14.4 Å². The standard InChI is InChI=1S/C30H37ClN2O7/c1-18(30(37)39-4)17-32-29(36)23(16-20-13-14-25(38-3)22(31)15-20)33-26(34)12-8-11-24-19(2)27(35)28(40-24)21-9-6-5-7-10-21/h5-10,12-15,18-19,23-24,27-28,35H,11,16-17H2,1-4H3,(H,32,36)(H,33,34). The van der Waals surface area contributed by atoms with Crippen LogP contribution in [0.5, 0.6) is 5.75 Å². The number of aliphatic hydroxyl groups is 1. The van der Waals surface area contributed by atoms with Gasteiger partial charge in [-0.25, -0.2) is 0 Å². The Hall–Kier alpha value is -3.40. The molecule has 2 amide bonds. The number of hydrogen-bond acceptors (Lipinski definition) is 7. The average Bonchev–Trinajstić information content (AvgIpc) is 3.24. The van der Waals surface area contributed by atoms with Gasteiger partial charge in [0.1, 0.15) is 17.9 Å². The Morgan fingerprint density at radius 2 is 1.88 bits per heavy atom. The lowest BCUT2D eigenvalue weighted by Gasteiger charge is -2.19. The molecule has 3 rings (SSSR count). The normalized spacial score (nSPS) is 21.9. The highest BCUT2D eigenvalue weighted by atomic mass is 35.5. The molecule has 1 saturated heterocycles. The number of carbonyl (C=O) groups excluding carboxylic acids is 3. The highest BCUT2D eigenvalue weighted by molar-refractivity contribution is 6.32. The predicted octanol–water partition coefficient (Wildman–Crippen LogP) is 3.38. The molecule has 2 aromatic carbocycles. The number of amides is 2. The van der Waals surface area contributed by atoms with E-state index in [1.807, 2.05) is 37.3 Å². The molecule has 10 heteroatoms. The molecule has 1 heterocycles. The lowest BCUT2D eigenvalue weighted by atomic mass is 9.94. The number of ether oxygens (including phenoxy) is 3. The topological polar surface area (TPSA) is 123 Å². The maximum Gasteiger partial charge on any atom is 0.310 e. The molecule has 1 aliphatic rings. The summed E-state index contributed by atoms with van der Waals surface area (Å²) in [5.74, 6) is -1.56. The van der Waals surface area contributed by atoms with Crippen molar-refractivity contribution < 1.29 is 33.7 Å². The van der Waals surface area contributed by atoms with E-state index in [-0.39, 0.29) is 25.0 Å². The first kappa shape index (κ1) is 31.1. The third-order valence-corrected chi connectivity index (χ3v) is 7.29. The largest absolute Gasteiger partial charge is 0.495 e. The number of benzene rings is 2. The monoisotopic (exact) mass is 572 g/mol. The van der Waals surface area contributed by atoms with E-state index in [0.29, 0.717) is 22.8 Å². The van der Waals surface area contributed by atoms with Crippen molar-refractivity contribution in [3.63, 3.8) is 0 Å². The molecule has 1 fully saturated rings. The molecule has 6 atom stereocenters. The van der Waals surface area contributed by atoms with E-state index in [1.165, 1.54) is 20.3 Å². The van der Waals surface area contributed by atoms with Gasteiger partial charge in [-0.1, -0.05) is 67.9 Å². The molecule has 0 spiro atoms. The van der Waals surface area contributed by atoms with Crippen LogP contribution in [0.3, 0.4) is 0 Å². The van der Waals surface area contributed by atoms with Crippen molar-refractivity contribution in [2.24, 2.45) is 11.8 Å². The van der Waals surface area contributed by atoms with E-state index in [0.717, 1.165) is 5.56 Å². The van der Waals surface area contributed by atoms with Gasteiger partial charge in [0.15, 0.2) is 0 Å². The van der Waals surface area contributed by atoms with Gasteiger partial charge < -0.3 is 30.0 Å². The molecule has 1 aliphatic heterocycles. The molecule has 0 saturated carbocycles. The number of methoxy groups -OCH3 is 2. The Morgan fingerprint density at radius 1 is 1.15 bits per heavy atom. The SMILES string of the molecule is COC(=O)C(C)CNC(=O)C(Cc1ccc(OC)c(Cl)c1)NC(=O)C=CCC1OC(c2ccccc2)C(O)C1C. The van der Waals surface area contributed by atoms with Crippen LogP contribution in [0.1, 0.15) is 37.5 Å². The summed E-state index contributed by atoms with van der Waals surface area (Å²) in [6.07, 6.45) is 2.24. The van der Waals surface area contributed by atoms with E-state index in [1.54, 1.807) is 31.2 Å². The van der Waals surface area contributed by atoms with Crippen LogP contribution in [-0.4, -0.2) is 61.9 Å². The van der Waals surface area contributed by atoms with Gasteiger partial charge in [0.05, 0.1) is 37.4 Å². The zero-order valence-corrected chi connectivity index (χ0v) is 23.9. The fourth-order valence-corrected chi connectivity index (χ4v) is 4.83. The minimum Gasteiger partial charge on any atom is -0.495 e. The first-order chi connectivity index (χ1) is 19.1. The van der Waals surface area contributed by atoms with Crippen molar-refractivity contribution in [3.05, 3.63) is 76.8 Å². The Labute approximate surface area is 239 Å². The molecule has 216 valence electrons. The van der Waals surface area contributed by atoms with Crippen LogP contribution >= 0.6 is 11.6 Å². The Morgan fingerprint density at radius 3 is 2.52 bits per heavy atom. The lowest BCUT2D eigenvalue weighted by Crippen LogP contribution is -2.49. The highest BCUT2D eigenvalue weighted by Gasteiger charge is 2.40. The quantitative estimate of drug-likeness (QED) is 0.263. The molecular formula is C30H37ClN2O7. The molecule has 2 aromatic rings. The number of rotatable bonds is 12. The molecule has 6 unspecified atom stereocenters. The van der Waals surface area contributed by atoms with Gasteiger partial charge >= 0.3 is 5.97 Å². The molecule has 0 radical (unpaired) electrons. The summed E-state index contributed by atoms with van der Waals surface area (Å²) in [7, 11) is 2.79. The smallest absolute Gasteiger partial charge is 0.310 e. The van der Waals surface area contributed by atoms with E-state index in [9.17, 15) is 19.5 Å². The third-order valence-electron chi connectivity index (χ3n) is 7.00. The van der Waals surface area contributed by atoms with Gasteiger partial charge in [0, 0.05) is 18.9 Å². The molecule has 0 bridgehead atoms. The van der Waals surface area contributed by atoms with E-state index in [4.69, 9.17) is 25.8 Å². The summed E-state index contributed by atoms with van der Waals surface area (Å²) in [5, 5.41) is 16.5. The van der Waals surface area contributed by atoms with Crippen molar-refractivity contribution in [2.75, 3.05) is 20.8 Å². The fraction of sp³-hybridized carbons (Fsp3) is 0.433. The van der Waals surface area contributed by atoms with Crippen LogP contribution < -0.4 is 15.4 Å². The Bertz CT molecular complexity index is 1190. The van der Waals surface area contributed by atoms with E-state index >= 15 is 0 Å². The summed E-state index contributed by atoms with van der Waals surface area (Å²) >= 11 is 6.25. The van der Waals surface area contributed by atoms with Crippen LogP contribution in [0, 0.1) is 11.8 Å². The molecule has 0 aliphatic carbocycles. The van der Waals surface area contributed by atoms with Crippen LogP contribution in [0.2, 0.25) is 5.02 Å². The maximum atomic E-state index is 13.0. The van der Waals surface area contributed by atoms with Crippen molar-refractivity contribution in [1.82, 2.24) is 10.6 Å². The number of aliphatic hydroxyl groups excluding tert-OH is 1. The number of halogens is 1. The summed E-state index contributed by atoms with van der Waals surface area (Å²) in [6, 6.07) is 13.7. The van der Waals surface area contributed by atoms with E-state index in [2.05, 4.69) is 10.6 Å². The second kappa shape index (κ2) is 14.8. The maximum absolute atomic E-state index is 13.0. The van der Waals surface area contributed by atoms with Crippen LogP contribution in [0.25, 0.3) is 0 Å². The predicted molar refractivity (Wildman–Crippen MR) is 151 cm³/mol. The van der Waals surface area contributed by atoms with Gasteiger partial charge in [-0.15, -0.1) is 0 Å². The Kier molecular flexibility index (Phi) is 11.5. The van der Waals surface area contributed by atoms with Gasteiger partial charge in [0.2, 0.25) is 11.8 Å². The van der Waals surface area contributed by atoms with Crippen LogP contribution in [-0.2, 0) is 30.3 Å². The molecule has 3 N–H and O–H groups in total. The van der Waals surface area contributed by atoms with Crippen molar-refractivity contribution >= 4 is 29.4 Å². The minimum atomic E-state index is -0.933. The first-order valence-corrected chi connectivity index (χ1v) is 13.6. The molecular weight excluding hydrogens is 536 g/mol. The minimum absolute atomic E-state index is 0.0545. The summed E-state index contributed by atoms with van der Waals surface area (Å²) in [5.41, 5.74) is 1.62. The molecule has 0 aromatic heterocycles. The second-order valence-electron chi connectivity index (χ2n) is 9.90. The average molecular weight is 573 g/mol. The number of hydrogen-bond donors (Lipinski definition) is 3. The highest BCUT2D eigenvalue weighted by Crippen LogP contribution is 2.38. The zero-order chi connectivity index (χ0) is 29.2. The number of nitrogens with one attached hydrogen (secondary N) is 2. The van der Waals surface area contributed by atoms with Crippen LogP contribution in [0.4, 0.5) is 0 Å². The summed E-state index contributed by atoms with van der Waals surface area (Å²) in [6.45, 7) is 3.61. The number of esters is 1. The fourth-order valence-electron chi connectivity index (χ4n) is 4.55. The van der Waals surface area contributed by atoms with Gasteiger partial charge in [0.25, 0.3) is 0 Å². The third kappa shape index (κ3) is 8.30. The van der Waals surface area contributed by atoms with Crippen LogP contribution in [0.15, 0.2) is 60.7 Å². The lowest BCUT2D eigenvalue weighted by molar-refractivity contribution is -0.144. The second-order valence-corrected chi connectivity index (χ2v) is 10.3. The van der Waals surface area contributed by atoms with Crippen molar-refractivity contribution in [1.29, 1.82) is 0 Å². The van der Waals surface area contributed by atoms with Crippen molar-refractivity contribution in [2.45, 2.75) is 51.0 Å². The first-order valence-electron chi connectivity index (χ1n) is 13.2. The summed E-state index contributed by atoms with van der Waals surface area (Å²) < 4.78 is 16.0. The van der Waals surface area contributed by atoms with E-state index < -0.39 is 42.0 Å². The van der Waals surface area contributed by atoms with Gasteiger partial charge in [-0.05, 0) is 35.8 Å². The Balaban J connectivity index is 1.64. The summed E-state index contributed by atoms with van der Waals surface area (Å²) in [4.78, 5) is 37.6. The molecule has 40 heavy (non-hydrogen) atoms. The number of carbonyl (C=O) groups is 3. The van der Waals surface area contributed by atoms with Gasteiger partial charge in [-0.2, -0.15) is 0 Å². The molecule has 9 nitrogen and oxygen atoms in total.